The van der Waals surface area contributed by atoms with Crippen LogP contribution in [0.25, 0.3) is 16.7 Å². The zero-order chi connectivity index (χ0) is 22.1. The Labute approximate surface area is 185 Å². The number of nitrogen functional groups attached to an aromatic ring is 1. The molecule has 3 heterocycles. The third-order valence-corrected chi connectivity index (χ3v) is 5.87. The molecule has 2 aromatic carbocycles. The van der Waals surface area contributed by atoms with Crippen molar-refractivity contribution in [1.29, 1.82) is 0 Å². The number of anilines is 1. The highest BCUT2D eigenvalue weighted by molar-refractivity contribution is 5.87. The number of hydrogen-bond donors (Lipinski definition) is 2. The maximum Gasteiger partial charge on any atom is 0.334 e. The summed E-state index contributed by atoms with van der Waals surface area (Å²) in [6.07, 6.45) is 2.43. The summed E-state index contributed by atoms with van der Waals surface area (Å²) >= 11 is 0. The van der Waals surface area contributed by atoms with Crippen molar-refractivity contribution in [2.24, 2.45) is 0 Å². The van der Waals surface area contributed by atoms with Gasteiger partial charge in [0.05, 0.1) is 23.3 Å². The summed E-state index contributed by atoms with van der Waals surface area (Å²) in [5.41, 5.74) is 8.15. The van der Waals surface area contributed by atoms with E-state index in [9.17, 15) is 4.79 Å². The van der Waals surface area contributed by atoms with Crippen molar-refractivity contribution in [1.82, 2.24) is 19.4 Å². The molecule has 164 valence electrons. The lowest BCUT2D eigenvalue weighted by atomic mass is 10.0. The number of methoxy groups -OCH3 is 1. The Hall–Kier alpha value is -3.62. The lowest BCUT2D eigenvalue weighted by Gasteiger charge is -2.29. The zero-order valence-corrected chi connectivity index (χ0v) is 17.8. The summed E-state index contributed by atoms with van der Waals surface area (Å²) in [6.45, 7) is 1.46. The normalized spacial score (nSPS) is 18.7. The first kappa shape index (κ1) is 20.3. The van der Waals surface area contributed by atoms with Crippen LogP contribution in [-0.2, 0) is 4.74 Å². The first-order valence-electron chi connectivity index (χ1n) is 10.6. The van der Waals surface area contributed by atoms with Gasteiger partial charge in [0.1, 0.15) is 22.8 Å². The number of ether oxygens (including phenoxy) is 2. The van der Waals surface area contributed by atoms with E-state index >= 15 is 0 Å². The van der Waals surface area contributed by atoms with Gasteiger partial charge in [-0.15, -0.1) is 0 Å². The number of fused-ring (bicyclic) bond motifs is 1. The fourth-order valence-corrected chi connectivity index (χ4v) is 4.33. The molecular formula is C24H25N5O3. The smallest absolute Gasteiger partial charge is 0.334 e. The molecular weight excluding hydrogens is 406 g/mol. The van der Waals surface area contributed by atoms with E-state index in [2.05, 4.69) is 10.3 Å². The molecule has 0 radical (unpaired) electrons. The molecule has 0 amide bonds. The standard InChI is InChI=1S/C24H25N5O3/c1-31-20-13-17(14-26-15-20)28-21-11-12-27-23(25)22(21)29(24(28)30)16-7-9-19(10-8-16)32-18-5-3-2-4-6-18/h2-12,17,20,26H,13-15H2,1H3,(H2,25,27)/t17?,20-/m1/s1. The summed E-state index contributed by atoms with van der Waals surface area (Å²) < 4.78 is 14.9. The van der Waals surface area contributed by atoms with Gasteiger partial charge in [0.2, 0.25) is 0 Å². The minimum absolute atomic E-state index is 0.0487. The summed E-state index contributed by atoms with van der Waals surface area (Å²) in [7, 11) is 1.70. The van der Waals surface area contributed by atoms with Crippen LogP contribution in [-0.4, -0.2) is 40.4 Å². The van der Waals surface area contributed by atoms with E-state index in [0.29, 0.717) is 29.3 Å². The Morgan fingerprint density at radius 3 is 2.53 bits per heavy atom. The fraction of sp³-hybridized carbons (Fsp3) is 0.250. The maximum absolute atomic E-state index is 13.7. The van der Waals surface area contributed by atoms with Crippen molar-refractivity contribution in [2.75, 3.05) is 25.9 Å². The van der Waals surface area contributed by atoms with Crippen LogP contribution >= 0.6 is 0 Å². The maximum atomic E-state index is 13.7. The predicted molar refractivity (Wildman–Crippen MR) is 124 cm³/mol. The number of para-hydroxylation sites is 1. The number of benzene rings is 2. The number of hydrogen-bond acceptors (Lipinski definition) is 6. The number of aromatic nitrogens is 3. The van der Waals surface area contributed by atoms with Gasteiger partial charge in [-0.05, 0) is 48.9 Å². The van der Waals surface area contributed by atoms with Crippen molar-refractivity contribution < 1.29 is 9.47 Å². The van der Waals surface area contributed by atoms with E-state index in [1.165, 1.54) is 0 Å². The van der Waals surface area contributed by atoms with Gasteiger partial charge in [-0.3, -0.25) is 9.13 Å². The average molecular weight is 431 g/mol. The molecule has 5 rings (SSSR count). The van der Waals surface area contributed by atoms with Crippen molar-refractivity contribution in [3.05, 3.63) is 77.3 Å². The molecule has 1 saturated heterocycles. The number of rotatable bonds is 5. The Balaban J connectivity index is 1.57. The molecule has 1 aliphatic rings. The van der Waals surface area contributed by atoms with Crippen LogP contribution in [0.5, 0.6) is 11.5 Å². The first-order valence-corrected chi connectivity index (χ1v) is 10.6. The summed E-state index contributed by atoms with van der Waals surface area (Å²) in [5.74, 6) is 1.75. The Morgan fingerprint density at radius 1 is 1.03 bits per heavy atom. The van der Waals surface area contributed by atoms with E-state index in [1.807, 2.05) is 60.7 Å². The van der Waals surface area contributed by atoms with Crippen LogP contribution < -0.4 is 21.5 Å². The number of nitrogens with two attached hydrogens (primary N) is 1. The van der Waals surface area contributed by atoms with E-state index in [-0.39, 0.29) is 17.8 Å². The van der Waals surface area contributed by atoms with Gasteiger partial charge in [-0.2, -0.15) is 0 Å². The molecule has 1 fully saturated rings. The molecule has 32 heavy (non-hydrogen) atoms. The SMILES string of the molecule is CO[C@H]1CNCC(n2c(=O)n(-c3ccc(Oc4ccccc4)cc3)c3c(N)nccc32)C1. The molecule has 8 heteroatoms. The molecule has 2 aromatic heterocycles. The van der Waals surface area contributed by atoms with Gasteiger partial charge in [-0.1, -0.05) is 18.2 Å². The molecule has 8 nitrogen and oxygen atoms in total. The molecule has 0 bridgehead atoms. The van der Waals surface area contributed by atoms with Crippen molar-refractivity contribution >= 4 is 16.9 Å². The molecule has 0 spiro atoms. The van der Waals surface area contributed by atoms with Gasteiger partial charge in [0.25, 0.3) is 0 Å². The van der Waals surface area contributed by atoms with Crippen LogP contribution in [0.2, 0.25) is 0 Å². The highest BCUT2D eigenvalue weighted by atomic mass is 16.5. The van der Waals surface area contributed by atoms with E-state index in [1.54, 1.807) is 22.4 Å². The lowest BCUT2D eigenvalue weighted by molar-refractivity contribution is 0.0638. The monoisotopic (exact) mass is 431 g/mol. The molecule has 4 aromatic rings. The number of nitrogens with one attached hydrogen (secondary N) is 1. The number of piperidine rings is 1. The molecule has 1 unspecified atom stereocenters. The second-order valence-electron chi connectivity index (χ2n) is 7.87. The van der Waals surface area contributed by atoms with Gasteiger partial charge < -0.3 is 20.5 Å². The first-order chi connectivity index (χ1) is 15.7. The highest BCUT2D eigenvalue weighted by Gasteiger charge is 2.28. The summed E-state index contributed by atoms with van der Waals surface area (Å²) in [6, 6.07) is 18.7. The van der Waals surface area contributed by atoms with Crippen LogP contribution in [0, 0.1) is 0 Å². The van der Waals surface area contributed by atoms with Gasteiger partial charge >= 0.3 is 5.69 Å². The van der Waals surface area contributed by atoms with Crippen LogP contribution in [0.4, 0.5) is 5.82 Å². The quantitative estimate of drug-likeness (QED) is 0.504. The second-order valence-corrected chi connectivity index (χ2v) is 7.87. The third-order valence-electron chi connectivity index (χ3n) is 5.87. The number of imidazole rings is 1. The molecule has 1 aliphatic heterocycles. The Bertz CT molecular complexity index is 1280. The van der Waals surface area contributed by atoms with Gasteiger partial charge in [0.15, 0.2) is 0 Å². The summed E-state index contributed by atoms with van der Waals surface area (Å²) in [4.78, 5) is 17.9. The second kappa shape index (κ2) is 8.49. The van der Waals surface area contributed by atoms with Crippen molar-refractivity contribution in [3.63, 3.8) is 0 Å². The van der Waals surface area contributed by atoms with E-state index in [4.69, 9.17) is 15.2 Å². The zero-order valence-electron chi connectivity index (χ0n) is 17.8. The highest BCUT2D eigenvalue weighted by Crippen LogP contribution is 2.28. The molecule has 2 atom stereocenters. The number of pyridine rings is 1. The minimum Gasteiger partial charge on any atom is -0.457 e. The Morgan fingerprint density at radius 2 is 1.78 bits per heavy atom. The Kier molecular flexibility index (Phi) is 5.38. The van der Waals surface area contributed by atoms with E-state index in [0.717, 1.165) is 24.2 Å². The van der Waals surface area contributed by atoms with Crippen LogP contribution in [0.15, 0.2) is 71.7 Å². The van der Waals surface area contributed by atoms with Crippen molar-refractivity contribution in [2.45, 2.75) is 18.6 Å². The van der Waals surface area contributed by atoms with Gasteiger partial charge in [-0.25, -0.2) is 9.78 Å². The van der Waals surface area contributed by atoms with Crippen LogP contribution in [0.1, 0.15) is 12.5 Å². The minimum atomic E-state index is -0.153. The van der Waals surface area contributed by atoms with Crippen LogP contribution in [0.3, 0.4) is 0 Å². The average Bonchev–Trinajstić information content (AvgIpc) is 3.13. The third kappa shape index (κ3) is 3.63. The topological polar surface area (TPSA) is 96.3 Å². The van der Waals surface area contributed by atoms with Gasteiger partial charge in [0, 0.05) is 26.4 Å². The fourth-order valence-electron chi connectivity index (χ4n) is 4.33. The summed E-state index contributed by atoms with van der Waals surface area (Å²) in [5, 5.41) is 3.36. The molecule has 3 N–H and O–H groups in total. The predicted octanol–water partition coefficient (Wildman–Crippen LogP) is 3.11. The van der Waals surface area contributed by atoms with Crippen molar-refractivity contribution in [3.8, 4) is 17.2 Å². The number of nitrogens with zero attached hydrogens (tertiary/aromatic N) is 3. The largest absolute Gasteiger partial charge is 0.457 e. The molecule has 0 aliphatic carbocycles. The van der Waals surface area contributed by atoms with E-state index < -0.39 is 0 Å². The molecule has 0 saturated carbocycles. The lowest BCUT2D eigenvalue weighted by Crippen LogP contribution is -2.43.